The molecule has 1 amide bonds. The van der Waals surface area contributed by atoms with E-state index in [4.69, 9.17) is 4.74 Å². The van der Waals surface area contributed by atoms with E-state index in [0.29, 0.717) is 10.2 Å². The van der Waals surface area contributed by atoms with Crippen molar-refractivity contribution in [3.8, 4) is 0 Å². The zero-order chi connectivity index (χ0) is 13.9. The zero-order valence-electron chi connectivity index (χ0n) is 10.3. The fraction of sp³-hybridized carbons (Fsp3) is 0.417. The molecule has 1 rings (SSSR count). The van der Waals surface area contributed by atoms with E-state index in [2.05, 4.69) is 21.2 Å². The Balaban J connectivity index is 2.77. The van der Waals surface area contributed by atoms with Crippen LogP contribution in [-0.2, 0) is 4.74 Å². The third-order valence-electron chi connectivity index (χ3n) is 1.88. The average molecular weight is 322 g/mol. The largest absolute Gasteiger partial charge is 0.444 e. The summed E-state index contributed by atoms with van der Waals surface area (Å²) in [6.45, 7) is 5.21. The Labute approximate surface area is 113 Å². The Morgan fingerprint density at radius 3 is 2.44 bits per heavy atom. The first-order valence-corrected chi connectivity index (χ1v) is 6.06. The first-order valence-electron chi connectivity index (χ1n) is 5.26. The number of halogens is 3. The Morgan fingerprint density at radius 1 is 1.39 bits per heavy atom. The number of rotatable bonds is 2. The highest BCUT2D eigenvalue weighted by atomic mass is 79.9. The van der Waals surface area contributed by atoms with E-state index in [-0.39, 0.29) is 5.56 Å². The number of nitrogens with one attached hydrogen (secondary N) is 1. The van der Waals surface area contributed by atoms with Gasteiger partial charge in [-0.2, -0.15) is 0 Å². The molecular formula is C12H14BrF2NO2. The molecule has 0 aromatic heterocycles. The minimum Gasteiger partial charge on any atom is -0.444 e. The maximum absolute atomic E-state index is 12.4. The van der Waals surface area contributed by atoms with Crippen LogP contribution in [0.5, 0.6) is 0 Å². The van der Waals surface area contributed by atoms with E-state index in [1.165, 1.54) is 18.2 Å². The van der Waals surface area contributed by atoms with Gasteiger partial charge in [0, 0.05) is 10.0 Å². The van der Waals surface area contributed by atoms with Crippen molar-refractivity contribution in [2.45, 2.75) is 32.8 Å². The van der Waals surface area contributed by atoms with Gasteiger partial charge >= 0.3 is 6.09 Å². The smallest absolute Gasteiger partial charge is 0.412 e. The lowest BCUT2D eigenvalue weighted by Gasteiger charge is -2.20. The predicted molar refractivity (Wildman–Crippen MR) is 69.0 cm³/mol. The minimum atomic E-state index is -2.54. The maximum atomic E-state index is 12.4. The number of carbonyl (C=O) groups excluding carboxylic acids is 1. The summed E-state index contributed by atoms with van der Waals surface area (Å²) in [5.41, 5.74) is -0.343. The summed E-state index contributed by atoms with van der Waals surface area (Å²) in [5, 5.41) is 2.48. The Hall–Kier alpha value is -1.17. The molecule has 0 saturated heterocycles. The van der Waals surface area contributed by atoms with E-state index in [9.17, 15) is 13.6 Å². The summed E-state index contributed by atoms with van der Waals surface area (Å²) < 4.78 is 30.3. The fourth-order valence-electron chi connectivity index (χ4n) is 1.18. The van der Waals surface area contributed by atoms with E-state index < -0.39 is 18.1 Å². The molecule has 0 bridgehead atoms. The second kappa shape index (κ2) is 5.65. The van der Waals surface area contributed by atoms with Gasteiger partial charge in [-0.1, -0.05) is 6.07 Å². The monoisotopic (exact) mass is 321 g/mol. The number of carbonyl (C=O) groups is 1. The van der Waals surface area contributed by atoms with Crippen molar-refractivity contribution in [2.75, 3.05) is 5.32 Å². The second-order valence-corrected chi connectivity index (χ2v) is 5.52. The van der Waals surface area contributed by atoms with Crippen molar-refractivity contribution in [2.24, 2.45) is 0 Å². The molecule has 1 N–H and O–H groups in total. The van der Waals surface area contributed by atoms with Gasteiger partial charge in [0.05, 0.1) is 5.69 Å². The molecule has 0 aliphatic rings. The number of anilines is 1. The zero-order valence-corrected chi connectivity index (χ0v) is 11.8. The van der Waals surface area contributed by atoms with E-state index >= 15 is 0 Å². The fourth-order valence-corrected chi connectivity index (χ4v) is 1.68. The molecule has 1 aromatic rings. The molecule has 0 aliphatic carbocycles. The lowest BCUT2D eigenvalue weighted by molar-refractivity contribution is 0.0636. The molecule has 0 heterocycles. The molecule has 6 heteroatoms. The first-order chi connectivity index (χ1) is 8.19. The van der Waals surface area contributed by atoms with Gasteiger partial charge in [-0.25, -0.2) is 13.6 Å². The Morgan fingerprint density at radius 2 is 2.00 bits per heavy atom. The normalized spacial score (nSPS) is 11.5. The number of amides is 1. The quantitative estimate of drug-likeness (QED) is 0.854. The summed E-state index contributed by atoms with van der Waals surface area (Å²) in [6, 6.07) is 3.91. The van der Waals surface area contributed by atoms with Gasteiger partial charge in [-0.05, 0) is 48.8 Å². The van der Waals surface area contributed by atoms with Gasteiger partial charge in [0.2, 0.25) is 0 Å². The predicted octanol–water partition coefficient (Wildman–Crippen LogP) is 4.73. The lowest BCUT2D eigenvalue weighted by atomic mass is 10.2. The van der Waals surface area contributed by atoms with Gasteiger partial charge in [0.1, 0.15) is 5.60 Å². The standard InChI is InChI=1S/C12H14BrF2NO2/c1-12(2,3)18-11(17)16-9-5-4-7(10(14)15)6-8(9)13/h4-6,10H,1-3H3,(H,16,17). The van der Waals surface area contributed by atoms with Crippen LogP contribution in [0.4, 0.5) is 19.3 Å². The van der Waals surface area contributed by atoms with Crippen LogP contribution in [-0.4, -0.2) is 11.7 Å². The van der Waals surface area contributed by atoms with Crippen LogP contribution in [0.1, 0.15) is 32.8 Å². The lowest BCUT2D eigenvalue weighted by Crippen LogP contribution is -2.27. The molecule has 100 valence electrons. The molecule has 0 saturated carbocycles. The van der Waals surface area contributed by atoms with Crippen molar-refractivity contribution < 1.29 is 18.3 Å². The number of ether oxygens (including phenoxy) is 1. The van der Waals surface area contributed by atoms with Crippen LogP contribution in [0.25, 0.3) is 0 Å². The van der Waals surface area contributed by atoms with Crippen LogP contribution in [0.3, 0.4) is 0 Å². The van der Waals surface area contributed by atoms with Crippen molar-refractivity contribution in [1.29, 1.82) is 0 Å². The molecule has 0 spiro atoms. The van der Waals surface area contributed by atoms with E-state index in [0.717, 1.165) is 0 Å². The van der Waals surface area contributed by atoms with Crippen molar-refractivity contribution >= 4 is 27.7 Å². The molecule has 0 aliphatic heterocycles. The van der Waals surface area contributed by atoms with Crippen LogP contribution < -0.4 is 5.32 Å². The number of alkyl halides is 2. The Kier molecular flexibility index (Phi) is 4.67. The van der Waals surface area contributed by atoms with Crippen LogP contribution in [0, 0.1) is 0 Å². The second-order valence-electron chi connectivity index (χ2n) is 4.67. The summed E-state index contributed by atoms with van der Waals surface area (Å²) in [7, 11) is 0. The van der Waals surface area contributed by atoms with Gasteiger partial charge in [-0.3, -0.25) is 5.32 Å². The van der Waals surface area contributed by atoms with E-state index in [1.54, 1.807) is 20.8 Å². The van der Waals surface area contributed by atoms with Gasteiger partial charge in [-0.15, -0.1) is 0 Å². The molecule has 1 aromatic carbocycles. The number of hydrogen-bond acceptors (Lipinski definition) is 2. The SMILES string of the molecule is CC(C)(C)OC(=O)Nc1ccc(C(F)F)cc1Br. The average Bonchev–Trinajstić information content (AvgIpc) is 2.17. The van der Waals surface area contributed by atoms with Gasteiger partial charge < -0.3 is 4.74 Å². The summed E-state index contributed by atoms with van der Waals surface area (Å²) in [5.74, 6) is 0. The molecule has 3 nitrogen and oxygen atoms in total. The highest BCUT2D eigenvalue weighted by Crippen LogP contribution is 2.28. The minimum absolute atomic E-state index is 0.114. The highest BCUT2D eigenvalue weighted by molar-refractivity contribution is 9.10. The summed E-state index contributed by atoms with van der Waals surface area (Å²) in [4.78, 5) is 11.5. The van der Waals surface area contributed by atoms with Gasteiger partial charge in [0.15, 0.2) is 0 Å². The van der Waals surface area contributed by atoms with Crippen molar-refractivity contribution in [3.05, 3.63) is 28.2 Å². The molecule has 18 heavy (non-hydrogen) atoms. The summed E-state index contributed by atoms with van der Waals surface area (Å²) in [6.07, 6.45) is -3.18. The maximum Gasteiger partial charge on any atom is 0.412 e. The Bertz CT molecular complexity index is 444. The molecule has 0 atom stereocenters. The van der Waals surface area contributed by atoms with Crippen molar-refractivity contribution in [1.82, 2.24) is 0 Å². The van der Waals surface area contributed by atoms with Crippen LogP contribution in [0.2, 0.25) is 0 Å². The molecule has 0 radical (unpaired) electrons. The third kappa shape index (κ3) is 4.60. The topological polar surface area (TPSA) is 38.3 Å². The third-order valence-corrected chi connectivity index (χ3v) is 2.54. The molecule has 0 unspecified atom stereocenters. The highest BCUT2D eigenvalue weighted by Gasteiger charge is 2.17. The van der Waals surface area contributed by atoms with Crippen LogP contribution in [0.15, 0.2) is 22.7 Å². The molecular weight excluding hydrogens is 308 g/mol. The first kappa shape index (κ1) is 14.9. The molecule has 0 fully saturated rings. The van der Waals surface area contributed by atoms with E-state index in [1.807, 2.05) is 0 Å². The van der Waals surface area contributed by atoms with Crippen LogP contribution >= 0.6 is 15.9 Å². The van der Waals surface area contributed by atoms with Gasteiger partial charge in [0.25, 0.3) is 6.43 Å². The number of hydrogen-bond donors (Lipinski definition) is 1. The van der Waals surface area contributed by atoms with Crippen molar-refractivity contribution in [3.63, 3.8) is 0 Å². The number of benzene rings is 1. The summed E-state index contributed by atoms with van der Waals surface area (Å²) >= 11 is 3.12.